The average molecular weight is 489 g/mol. The largest absolute Gasteiger partial charge is 0.478 e. The second kappa shape index (κ2) is 21.4. The Morgan fingerprint density at radius 1 is 0.657 bits per heavy atom. The molecule has 4 heteroatoms. The van der Waals surface area contributed by atoms with Gasteiger partial charge in [-0.25, -0.2) is 9.59 Å². The first-order valence-corrected chi connectivity index (χ1v) is 14.6. The quantitative estimate of drug-likeness (QED) is 0.123. The van der Waals surface area contributed by atoms with E-state index in [-0.39, 0.29) is 11.1 Å². The molecular formula is C31H52O4. The molecule has 0 aliphatic rings. The third-order valence-corrected chi connectivity index (χ3v) is 6.87. The summed E-state index contributed by atoms with van der Waals surface area (Å²) in [6, 6.07) is 5.21. The van der Waals surface area contributed by atoms with Crippen molar-refractivity contribution in [3.8, 4) is 0 Å². The molecule has 1 aromatic carbocycles. The highest BCUT2D eigenvalue weighted by molar-refractivity contribution is 6.03. The van der Waals surface area contributed by atoms with Crippen LogP contribution in [-0.2, 0) is 11.2 Å². The number of esters is 1. The van der Waals surface area contributed by atoms with E-state index in [1.54, 1.807) is 12.1 Å². The molecule has 0 saturated heterocycles. The molecule has 0 saturated carbocycles. The highest BCUT2D eigenvalue weighted by Crippen LogP contribution is 2.20. The number of carbonyl (C=O) groups is 2. The second-order valence-corrected chi connectivity index (χ2v) is 10.0. The molecule has 0 fully saturated rings. The van der Waals surface area contributed by atoms with Crippen molar-refractivity contribution in [3.63, 3.8) is 0 Å². The van der Waals surface area contributed by atoms with Crippen molar-refractivity contribution in [2.75, 3.05) is 6.61 Å². The minimum atomic E-state index is -1.04. The van der Waals surface area contributed by atoms with Gasteiger partial charge in [0, 0.05) is 0 Å². The van der Waals surface area contributed by atoms with Crippen molar-refractivity contribution < 1.29 is 19.4 Å². The molecule has 0 spiro atoms. The van der Waals surface area contributed by atoms with Crippen LogP contribution < -0.4 is 0 Å². The number of carboxylic acids is 1. The zero-order valence-electron chi connectivity index (χ0n) is 22.8. The van der Waals surface area contributed by atoms with Gasteiger partial charge in [-0.15, -0.1) is 0 Å². The minimum absolute atomic E-state index is 0.125. The number of aromatic carboxylic acids is 1. The number of hydrogen-bond donors (Lipinski definition) is 1. The minimum Gasteiger partial charge on any atom is -0.478 e. The van der Waals surface area contributed by atoms with Crippen LogP contribution in [0.4, 0.5) is 0 Å². The maximum Gasteiger partial charge on any atom is 0.339 e. The molecule has 0 heterocycles. The molecule has 0 unspecified atom stereocenters. The molecule has 4 nitrogen and oxygen atoms in total. The van der Waals surface area contributed by atoms with Gasteiger partial charge in [0.25, 0.3) is 0 Å². The lowest BCUT2D eigenvalue weighted by atomic mass is 9.96. The summed E-state index contributed by atoms with van der Waals surface area (Å²) < 4.78 is 5.44. The molecule has 0 atom stereocenters. The molecule has 0 bridgehead atoms. The summed E-state index contributed by atoms with van der Waals surface area (Å²) in [6.07, 6.45) is 24.0. The lowest BCUT2D eigenvalue weighted by Crippen LogP contribution is -2.15. The summed E-state index contributed by atoms with van der Waals surface area (Å²) >= 11 is 0. The van der Waals surface area contributed by atoms with Crippen molar-refractivity contribution in [2.45, 2.75) is 142 Å². The molecule has 0 aromatic heterocycles. The zero-order valence-corrected chi connectivity index (χ0v) is 22.8. The maximum atomic E-state index is 12.6. The lowest BCUT2D eigenvalue weighted by molar-refractivity contribution is 0.0487. The van der Waals surface area contributed by atoms with E-state index >= 15 is 0 Å². The van der Waals surface area contributed by atoms with Crippen molar-refractivity contribution in [3.05, 3.63) is 34.9 Å². The van der Waals surface area contributed by atoms with E-state index < -0.39 is 11.9 Å². The number of ether oxygens (including phenoxy) is 1. The molecule has 0 amide bonds. The van der Waals surface area contributed by atoms with Gasteiger partial charge in [0.1, 0.15) is 0 Å². The Kier molecular flexibility index (Phi) is 19.1. The molecule has 0 aliphatic heterocycles. The Labute approximate surface area is 215 Å². The Morgan fingerprint density at radius 2 is 1.11 bits per heavy atom. The van der Waals surface area contributed by atoms with Crippen LogP contribution in [0.1, 0.15) is 162 Å². The fourth-order valence-electron chi connectivity index (χ4n) is 4.69. The van der Waals surface area contributed by atoms with Gasteiger partial charge in [-0.05, 0) is 30.9 Å². The van der Waals surface area contributed by atoms with E-state index in [4.69, 9.17) is 4.74 Å². The molecule has 0 aliphatic carbocycles. The summed E-state index contributed by atoms with van der Waals surface area (Å²) in [5, 5.41) is 9.79. The van der Waals surface area contributed by atoms with Gasteiger partial charge < -0.3 is 9.84 Å². The van der Waals surface area contributed by atoms with Gasteiger partial charge in [-0.2, -0.15) is 0 Å². The average Bonchev–Trinajstić information content (AvgIpc) is 2.85. The van der Waals surface area contributed by atoms with Gasteiger partial charge in [0.2, 0.25) is 0 Å². The highest BCUT2D eigenvalue weighted by Gasteiger charge is 2.21. The first-order chi connectivity index (χ1) is 17.1. The second-order valence-electron chi connectivity index (χ2n) is 10.0. The summed E-state index contributed by atoms with van der Waals surface area (Å²) in [5.41, 5.74) is 1.06. The van der Waals surface area contributed by atoms with E-state index in [0.717, 1.165) is 31.2 Å². The SMILES string of the molecule is CCCCCCCCCCCCc1cccc(C(=O)OCCCCCCCCCCC)c1C(=O)O. The van der Waals surface area contributed by atoms with E-state index in [1.165, 1.54) is 96.3 Å². The van der Waals surface area contributed by atoms with Gasteiger partial charge in [-0.1, -0.05) is 135 Å². The smallest absolute Gasteiger partial charge is 0.339 e. The Hall–Kier alpha value is -1.84. The molecule has 1 N–H and O–H groups in total. The number of benzene rings is 1. The predicted molar refractivity (Wildman–Crippen MR) is 146 cm³/mol. The molecule has 1 rings (SSSR count). The summed E-state index contributed by atoms with van der Waals surface area (Å²) in [5.74, 6) is -1.55. The third-order valence-electron chi connectivity index (χ3n) is 6.87. The first-order valence-electron chi connectivity index (χ1n) is 14.6. The molecule has 200 valence electrons. The molecule has 0 radical (unpaired) electrons. The topological polar surface area (TPSA) is 63.6 Å². The lowest BCUT2D eigenvalue weighted by Gasteiger charge is -2.12. The van der Waals surface area contributed by atoms with Crippen LogP contribution in [0.5, 0.6) is 0 Å². The van der Waals surface area contributed by atoms with Crippen LogP contribution in [0.15, 0.2) is 18.2 Å². The van der Waals surface area contributed by atoms with Crippen molar-refractivity contribution in [2.24, 2.45) is 0 Å². The van der Waals surface area contributed by atoms with Crippen molar-refractivity contribution >= 4 is 11.9 Å². The Bertz CT molecular complexity index is 683. The highest BCUT2D eigenvalue weighted by atomic mass is 16.5. The van der Waals surface area contributed by atoms with Crippen LogP contribution in [-0.4, -0.2) is 23.7 Å². The van der Waals surface area contributed by atoms with E-state index in [1.807, 2.05) is 6.07 Å². The van der Waals surface area contributed by atoms with E-state index in [0.29, 0.717) is 13.0 Å². The standard InChI is InChI=1S/C31H52O4/c1-3-5-7-9-11-13-14-16-18-20-23-27-24-22-25-28(29(27)30(32)33)31(34)35-26-21-19-17-15-12-10-8-6-4-2/h22,24-25H,3-21,23,26H2,1-2H3,(H,32,33). The fourth-order valence-corrected chi connectivity index (χ4v) is 4.69. The van der Waals surface area contributed by atoms with Crippen LogP contribution in [0.25, 0.3) is 0 Å². The number of rotatable bonds is 23. The first kappa shape index (κ1) is 31.2. The van der Waals surface area contributed by atoms with Gasteiger partial charge >= 0.3 is 11.9 Å². The zero-order chi connectivity index (χ0) is 25.6. The fraction of sp³-hybridized carbons (Fsp3) is 0.742. The molecule has 35 heavy (non-hydrogen) atoms. The third kappa shape index (κ3) is 15.0. The van der Waals surface area contributed by atoms with Crippen LogP contribution in [0, 0.1) is 0 Å². The number of hydrogen-bond acceptors (Lipinski definition) is 3. The normalized spacial score (nSPS) is 11.0. The van der Waals surface area contributed by atoms with Gasteiger partial charge in [-0.3, -0.25) is 0 Å². The number of unbranched alkanes of at least 4 members (excludes halogenated alkanes) is 17. The van der Waals surface area contributed by atoms with E-state index in [9.17, 15) is 14.7 Å². The van der Waals surface area contributed by atoms with Crippen LogP contribution in [0.2, 0.25) is 0 Å². The van der Waals surface area contributed by atoms with Gasteiger partial charge in [0.05, 0.1) is 17.7 Å². The summed E-state index contributed by atoms with van der Waals surface area (Å²) in [6.45, 7) is 4.83. The molecular weight excluding hydrogens is 436 g/mol. The van der Waals surface area contributed by atoms with Crippen LogP contribution in [0.3, 0.4) is 0 Å². The Morgan fingerprint density at radius 3 is 1.60 bits per heavy atom. The number of carboxylic acid groups (broad SMARTS) is 1. The number of carbonyl (C=O) groups excluding carboxylic acids is 1. The van der Waals surface area contributed by atoms with Gasteiger partial charge in [0.15, 0.2) is 0 Å². The predicted octanol–water partition coefficient (Wildman–Crippen LogP) is 9.54. The van der Waals surface area contributed by atoms with E-state index in [2.05, 4.69) is 13.8 Å². The monoisotopic (exact) mass is 488 g/mol. The number of aryl methyl sites for hydroxylation is 1. The van der Waals surface area contributed by atoms with Crippen LogP contribution >= 0.6 is 0 Å². The summed E-state index contributed by atoms with van der Waals surface area (Å²) in [7, 11) is 0. The maximum absolute atomic E-state index is 12.6. The van der Waals surface area contributed by atoms with Crippen molar-refractivity contribution in [1.29, 1.82) is 0 Å². The molecule has 1 aromatic rings. The summed E-state index contributed by atoms with van der Waals surface area (Å²) in [4.78, 5) is 24.6. The Balaban J connectivity index is 2.33. The van der Waals surface area contributed by atoms with Crippen molar-refractivity contribution in [1.82, 2.24) is 0 Å².